The lowest BCUT2D eigenvalue weighted by Crippen LogP contribution is -2.05. The first-order chi connectivity index (χ1) is 8.65. The zero-order chi connectivity index (χ0) is 13.5. The van der Waals surface area contributed by atoms with Crippen LogP contribution in [0.15, 0.2) is 16.6 Å². The molecule has 1 rings (SSSR count). The van der Waals surface area contributed by atoms with Crippen LogP contribution in [0, 0.1) is 0 Å². The molecule has 0 aliphatic heterocycles. The zero-order valence-corrected chi connectivity index (χ0v) is 12.2. The zero-order valence-electron chi connectivity index (χ0n) is 10.7. The predicted octanol–water partition coefficient (Wildman–Crippen LogP) is 2.78. The van der Waals surface area contributed by atoms with Gasteiger partial charge in [0.15, 0.2) is 5.78 Å². The topological polar surface area (TPSA) is 61.5 Å². The van der Waals surface area contributed by atoms with Crippen LogP contribution in [-0.2, 0) is 0 Å². The minimum atomic E-state index is 0.0589. The van der Waals surface area contributed by atoms with Crippen LogP contribution < -0.4 is 15.2 Å². The number of ketones is 1. The van der Waals surface area contributed by atoms with E-state index in [1.54, 1.807) is 19.2 Å². The van der Waals surface area contributed by atoms with E-state index >= 15 is 0 Å². The van der Waals surface area contributed by atoms with E-state index in [0.717, 1.165) is 12.8 Å². The summed E-state index contributed by atoms with van der Waals surface area (Å²) >= 11 is 3.38. The standard InChI is InChI=1S/C13H18BrNO3/c1-17-11-7-6-9(13(18-2)12(11)14)10(16)5-3-4-8-15/h6-7H,3-5,8,15H2,1-2H3. The third kappa shape index (κ3) is 3.46. The molecule has 18 heavy (non-hydrogen) atoms. The number of unbranched alkanes of at least 4 members (excludes halogenated alkanes) is 1. The van der Waals surface area contributed by atoms with E-state index in [9.17, 15) is 4.79 Å². The second kappa shape index (κ2) is 7.38. The smallest absolute Gasteiger partial charge is 0.166 e. The molecule has 0 fully saturated rings. The number of nitrogens with two attached hydrogens (primary N) is 1. The molecule has 0 heterocycles. The Balaban J connectivity index is 2.94. The molecule has 0 saturated carbocycles. The summed E-state index contributed by atoms with van der Waals surface area (Å²) in [7, 11) is 3.11. The summed E-state index contributed by atoms with van der Waals surface area (Å²) in [6.07, 6.45) is 2.12. The van der Waals surface area contributed by atoms with Crippen LogP contribution in [0.4, 0.5) is 0 Å². The Morgan fingerprint density at radius 1 is 1.28 bits per heavy atom. The number of benzene rings is 1. The van der Waals surface area contributed by atoms with Crippen LogP contribution in [0.5, 0.6) is 11.5 Å². The monoisotopic (exact) mass is 315 g/mol. The Kier molecular flexibility index (Phi) is 6.15. The van der Waals surface area contributed by atoms with Crippen molar-refractivity contribution >= 4 is 21.7 Å². The van der Waals surface area contributed by atoms with Crippen LogP contribution in [0.2, 0.25) is 0 Å². The molecular weight excluding hydrogens is 298 g/mol. The van der Waals surface area contributed by atoms with E-state index in [1.807, 2.05) is 0 Å². The Morgan fingerprint density at radius 3 is 2.56 bits per heavy atom. The second-order valence-electron chi connectivity index (χ2n) is 3.83. The summed E-state index contributed by atoms with van der Waals surface area (Å²) < 4.78 is 11.1. The summed E-state index contributed by atoms with van der Waals surface area (Å²) in [6.45, 7) is 0.608. The molecule has 0 saturated heterocycles. The number of carbonyl (C=O) groups is 1. The third-order valence-electron chi connectivity index (χ3n) is 2.64. The third-order valence-corrected chi connectivity index (χ3v) is 3.39. The average Bonchev–Trinajstić information content (AvgIpc) is 2.38. The first-order valence-electron chi connectivity index (χ1n) is 5.79. The molecular formula is C13H18BrNO3. The minimum absolute atomic E-state index is 0.0589. The molecule has 0 aromatic heterocycles. The number of rotatable bonds is 7. The SMILES string of the molecule is COc1ccc(C(=O)CCCCN)c(OC)c1Br. The highest BCUT2D eigenvalue weighted by Crippen LogP contribution is 2.37. The fourth-order valence-corrected chi connectivity index (χ4v) is 2.35. The second-order valence-corrected chi connectivity index (χ2v) is 4.62. The van der Waals surface area contributed by atoms with Crippen molar-refractivity contribution in [2.45, 2.75) is 19.3 Å². The summed E-state index contributed by atoms with van der Waals surface area (Å²) in [4.78, 5) is 12.1. The van der Waals surface area contributed by atoms with Gasteiger partial charge in [0.05, 0.1) is 19.8 Å². The lowest BCUT2D eigenvalue weighted by molar-refractivity contribution is 0.0976. The lowest BCUT2D eigenvalue weighted by atomic mass is 10.0. The highest BCUT2D eigenvalue weighted by atomic mass is 79.9. The van der Waals surface area contributed by atoms with E-state index in [0.29, 0.717) is 34.5 Å². The van der Waals surface area contributed by atoms with Crippen molar-refractivity contribution < 1.29 is 14.3 Å². The van der Waals surface area contributed by atoms with Crippen molar-refractivity contribution in [3.63, 3.8) is 0 Å². The van der Waals surface area contributed by atoms with Crippen molar-refractivity contribution in [3.05, 3.63) is 22.2 Å². The summed E-state index contributed by atoms with van der Waals surface area (Å²) in [5, 5.41) is 0. The number of halogens is 1. The van der Waals surface area contributed by atoms with Crippen molar-refractivity contribution in [2.75, 3.05) is 20.8 Å². The van der Waals surface area contributed by atoms with Gasteiger partial charge in [-0.15, -0.1) is 0 Å². The Bertz CT molecular complexity index is 421. The van der Waals surface area contributed by atoms with Crippen LogP contribution >= 0.6 is 15.9 Å². The van der Waals surface area contributed by atoms with Crippen LogP contribution in [-0.4, -0.2) is 26.5 Å². The van der Waals surface area contributed by atoms with Gasteiger partial charge in [0.25, 0.3) is 0 Å². The van der Waals surface area contributed by atoms with E-state index < -0.39 is 0 Å². The Morgan fingerprint density at radius 2 is 2.00 bits per heavy atom. The van der Waals surface area contributed by atoms with Gasteiger partial charge >= 0.3 is 0 Å². The van der Waals surface area contributed by atoms with Crippen LogP contribution in [0.3, 0.4) is 0 Å². The van der Waals surface area contributed by atoms with Gasteiger partial charge in [-0.05, 0) is 47.4 Å². The van der Waals surface area contributed by atoms with Gasteiger partial charge in [-0.25, -0.2) is 0 Å². The van der Waals surface area contributed by atoms with Crippen molar-refractivity contribution in [2.24, 2.45) is 5.73 Å². The van der Waals surface area contributed by atoms with Crippen molar-refractivity contribution in [1.82, 2.24) is 0 Å². The van der Waals surface area contributed by atoms with E-state index in [4.69, 9.17) is 15.2 Å². The van der Waals surface area contributed by atoms with Gasteiger partial charge in [0.1, 0.15) is 16.0 Å². The predicted molar refractivity (Wildman–Crippen MR) is 74.5 cm³/mol. The van der Waals surface area contributed by atoms with Gasteiger partial charge in [-0.3, -0.25) is 4.79 Å². The molecule has 0 unspecified atom stereocenters. The van der Waals surface area contributed by atoms with Gasteiger partial charge in [-0.1, -0.05) is 0 Å². The number of Topliss-reactive ketones (excluding diaryl/α,β-unsaturated/α-hetero) is 1. The molecule has 0 atom stereocenters. The molecule has 0 radical (unpaired) electrons. The van der Waals surface area contributed by atoms with Gasteiger partial charge in [0, 0.05) is 6.42 Å². The van der Waals surface area contributed by atoms with E-state index in [-0.39, 0.29) is 5.78 Å². The normalized spacial score (nSPS) is 10.2. The Hall–Kier alpha value is -1.07. The van der Waals surface area contributed by atoms with Crippen LogP contribution in [0.25, 0.3) is 0 Å². The molecule has 0 spiro atoms. The number of carbonyl (C=O) groups excluding carboxylic acids is 1. The summed E-state index contributed by atoms with van der Waals surface area (Å²) in [5.41, 5.74) is 5.98. The summed E-state index contributed by atoms with van der Waals surface area (Å²) in [6, 6.07) is 3.48. The van der Waals surface area contributed by atoms with Gasteiger partial charge in [0.2, 0.25) is 0 Å². The number of ether oxygens (including phenoxy) is 2. The van der Waals surface area contributed by atoms with Gasteiger partial charge in [-0.2, -0.15) is 0 Å². The molecule has 1 aromatic carbocycles. The fourth-order valence-electron chi connectivity index (χ4n) is 1.68. The first kappa shape index (κ1) is 15.0. The van der Waals surface area contributed by atoms with E-state index in [2.05, 4.69) is 15.9 Å². The van der Waals surface area contributed by atoms with Crippen molar-refractivity contribution in [3.8, 4) is 11.5 Å². The quantitative estimate of drug-likeness (QED) is 0.621. The molecule has 0 aliphatic carbocycles. The Labute approximate surface area is 116 Å². The number of hydrogen-bond donors (Lipinski definition) is 1. The minimum Gasteiger partial charge on any atom is -0.495 e. The number of hydrogen-bond acceptors (Lipinski definition) is 4. The van der Waals surface area contributed by atoms with Gasteiger partial charge < -0.3 is 15.2 Å². The molecule has 4 nitrogen and oxygen atoms in total. The maximum absolute atomic E-state index is 12.1. The molecule has 5 heteroatoms. The molecule has 1 aromatic rings. The van der Waals surface area contributed by atoms with Crippen molar-refractivity contribution in [1.29, 1.82) is 0 Å². The van der Waals surface area contributed by atoms with Crippen LogP contribution in [0.1, 0.15) is 29.6 Å². The first-order valence-corrected chi connectivity index (χ1v) is 6.58. The largest absolute Gasteiger partial charge is 0.495 e. The average molecular weight is 316 g/mol. The fraction of sp³-hybridized carbons (Fsp3) is 0.462. The molecule has 2 N–H and O–H groups in total. The number of methoxy groups -OCH3 is 2. The lowest BCUT2D eigenvalue weighted by Gasteiger charge is -2.12. The molecule has 0 amide bonds. The summed E-state index contributed by atoms with van der Waals surface area (Å²) in [5.74, 6) is 1.22. The molecule has 100 valence electrons. The van der Waals surface area contributed by atoms with E-state index in [1.165, 1.54) is 7.11 Å². The molecule has 0 bridgehead atoms. The maximum Gasteiger partial charge on any atom is 0.166 e. The highest BCUT2D eigenvalue weighted by molar-refractivity contribution is 9.10. The maximum atomic E-state index is 12.1. The highest BCUT2D eigenvalue weighted by Gasteiger charge is 2.17. The molecule has 0 aliphatic rings.